The highest BCUT2D eigenvalue weighted by Gasteiger charge is 2.24. The van der Waals surface area contributed by atoms with Crippen LogP contribution in [0.15, 0.2) is 24.3 Å². The van der Waals surface area contributed by atoms with Gasteiger partial charge in [0.15, 0.2) is 0 Å². The van der Waals surface area contributed by atoms with E-state index in [2.05, 4.69) is 30.1 Å². The minimum absolute atomic E-state index is 0.0385. The largest absolute Gasteiger partial charge is 0.488 e. The summed E-state index contributed by atoms with van der Waals surface area (Å²) in [6.07, 6.45) is 3.66. The van der Waals surface area contributed by atoms with Gasteiger partial charge < -0.3 is 15.0 Å². The Kier molecular flexibility index (Phi) is 5.50. The predicted octanol–water partition coefficient (Wildman–Crippen LogP) is 4.47. The Balaban J connectivity index is 1.35. The zero-order valence-electron chi connectivity index (χ0n) is 16.2. The third-order valence-corrected chi connectivity index (χ3v) is 6.75. The van der Waals surface area contributed by atoms with Gasteiger partial charge in [-0.1, -0.05) is 19.1 Å². The van der Waals surface area contributed by atoms with Gasteiger partial charge in [0, 0.05) is 29.1 Å². The van der Waals surface area contributed by atoms with E-state index in [0.29, 0.717) is 6.61 Å². The summed E-state index contributed by atoms with van der Waals surface area (Å²) in [7, 11) is 0. The molecule has 0 radical (unpaired) electrons. The summed E-state index contributed by atoms with van der Waals surface area (Å²) in [4.78, 5) is 17.1. The molecule has 0 aliphatic carbocycles. The van der Waals surface area contributed by atoms with Crippen LogP contribution in [0.25, 0.3) is 10.4 Å². The van der Waals surface area contributed by atoms with Gasteiger partial charge in [0.2, 0.25) is 0 Å². The van der Waals surface area contributed by atoms with Crippen LogP contribution in [0.1, 0.15) is 47.0 Å². The van der Waals surface area contributed by atoms with Gasteiger partial charge in [-0.2, -0.15) is 0 Å². The number of piperidine rings is 1. The number of rotatable bonds is 5. The van der Waals surface area contributed by atoms with Crippen LogP contribution in [-0.2, 0) is 6.61 Å². The fourth-order valence-corrected chi connectivity index (χ4v) is 5.35. The number of amides is 1. The topological polar surface area (TPSA) is 41.6 Å². The number of fused-ring (bicyclic) bond motifs is 3. The van der Waals surface area contributed by atoms with Crippen LogP contribution in [0.5, 0.6) is 5.75 Å². The number of hydrogen-bond acceptors (Lipinski definition) is 4. The first-order chi connectivity index (χ1) is 13.1. The molecule has 144 valence electrons. The van der Waals surface area contributed by atoms with Gasteiger partial charge in [-0.15, -0.1) is 11.3 Å². The first kappa shape index (κ1) is 18.5. The minimum Gasteiger partial charge on any atom is -0.488 e. The van der Waals surface area contributed by atoms with Crippen LogP contribution < -0.4 is 10.1 Å². The molecule has 0 spiro atoms. The number of ether oxygens (including phenoxy) is 1. The molecule has 2 aliphatic rings. The molecule has 27 heavy (non-hydrogen) atoms. The van der Waals surface area contributed by atoms with Crippen molar-refractivity contribution in [3.05, 3.63) is 40.3 Å². The summed E-state index contributed by atoms with van der Waals surface area (Å²) in [6.45, 7) is 9.18. The molecule has 1 aromatic heterocycles. The lowest BCUT2D eigenvalue weighted by Crippen LogP contribution is -2.36. The van der Waals surface area contributed by atoms with E-state index in [4.69, 9.17) is 4.74 Å². The molecule has 0 bridgehead atoms. The van der Waals surface area contributed by atoms with E-state index in [1.165, 1.54) is 36.4 Å². The molecule has 1 fully saturated rings. The number of likely N-dealkylation sites (tertiary alicyclic amines) is 1. The fraction of sp³-hybridized carbons (Fsp3) is 0.500. The van der Waals surface area contributed by atoms with Crippen LogP contribution in [-0.4, -0.2) is 37.0 Å². The maximum absolute atomic E-state index is 12.6. The molecule has 5 heteroatoms. The van der Waals surface area contributed by atoms with Crippen molar-refractivity contribution in [2.24, 2.45) is 5.92 Å². The highest BCUT2D eigenvalue weighted by molar-refractivity contribution is 7.17. The molecule has 2 aliphatic heterocycles. The van der Waals surface area contributed by atoms with Crippen molar-refractivity contribution in [1.82, 2.24) is 10.2 Å². The van der Waals surface area contributed by atoms with E-state index in [0.717, 1.165) is 47.2 Å². The highest BCUT2D eigenvalue weighted by Crippen LogP contribution is 2.44. The number of carbonyl (C=O) groups excluding carboxylic acids is 1. The third kappa shape index (κ3) is 4.04. The lowest BCUT2D eigenvalue weighted by atomic mass is 10.0. The van der Waals surface area contributed by atoms with Gasteiger partial charge in [0.1, 0.15) is 12.4 Å². The molecular weight excluding hydrogens is 356 g/mol. The van der Waals surface area contributed by atoms with Crippen LogP contribution in [0, 0.1) is 12.8 Å². The van der Waals surface area contributed by atoms with Crippen molar-refractivity contribution < 1.29 is 9.53 Å². The first-order valence-corrected chi connectivity index (χ1v) is 10.8. The Hall–Kier alpha value is -1.85. The van der Waals surface area contributed by atoms with E-state index in [1.807, 2.05) is 18.2 Å². The molecule has 4 rings (SSSR count). The molecule has 0 unspecified atom stereocenters. The Morgan fingerprint density at radius 3 is 3.15 bits per heavy atom. The minimum atomic E-state index is 0.0385. The smallest absolute Gasteiger partial charge is 0.261 e. The number of nitrogens with one attached hydrogen (secondary N) is 1. The summed E-state index contributed by atoms with van der Waals surface area (Å²) in [6, 6.07) is 8.12. The van der Waals surface area contributed by atoms with Crippen molar-refractivity contribution in [2.45, 2.75) is 39.7 Å². The summed E-state index contributed by atoms with van der Waals surface area (Å²) >= 11 is 1.58. The maximum atomic E-state index is 12.6. The van der Waals surface area contributed by atoms with Crippen LogP contribution in [0.2, 0.25) is 0 Å². The second-order valence-electron chi connectivity index (χ2n) is 7.86. The number of nitrogens with zero attached hydrogens (tertiary/aromatic N) is 1. The van der Waals surface area contributed by atoms with E-state index < -0.39 is 0 Å². The summed E-state index contributed by atoms with van der Waals surface area (Å²) in [5.41, 5.74) is 3.45. The monoisotopic (exact) mass is 384 g/mol. The van der Waals surface area contributed by atoms with Crippen molar-refractivity contribution in [3.63, 3.8) is 0 Å². The summed E-state index contributed by atoms with van der Waals surface area (Å²) in [5, 5.41) is 3.10. The SMILES string of the molecule is Cc1cccc2c1-c1sc(C(=O)NCCCN3CCC[C@H](C)C3)cc1CO2. The molecule has 2 aromatic rings. The molecule has 1 aromatic carbocycles. The lowest BCUT2D eigenvalue weighted by molar-refractivity contribution is 0.0954. The van der Waals surface area contributed by atoms with Crippen molar-refractivity contribution in [1.29, 1.82) is 0 Å². The van der Waals surface area contributed by atoms with Gasteiger partial charge in [0.05, 0.1) is 4.88 Å². The van der Waals surface area contributed by atoms with Crippen LogP contribution in [0.3, 0.4) is 0 Å². The van der Waals surface area contributed by atoms with Gasteiger partial charge in [-0.25, -0.2) is 0 Å². The summed E-state index contributed by atoms with van der Waals surface area (Å²) in [5.74, 6) is 1.77. The number of thiophene rings is 1. The van der Waals surface area contributed by atoms with Gasteiger partial charge in [-0.05, 0) is 62.9 Å². The van der Waals surface area contributed by atoms with Crippen LogP contribution >= 0.6 is 11.3 Å². The van der Waals surface area contributed by atoms with E-state index in [9.17, 15) is 4.79 Å². The molecule has 1 saturated heterocycles. The number of aryl methyl sites for hydroxylation is 1. The Bertz CT molecular complexity index is 830. The Morgan fingerprint density at radius 2 is 2.30 bits per heavy atom. The second-order valence-corrected chi connectivity index (χ2v) is 8.91. The number of carbonyl (C=O) groups is 1. The summed E-state index contributed by atoms with van der Waals surface area (Å²) < 4.78 is 5.87. The molecule has 1 N–H and O–H groups in total. The highest BCUT2D eigenvalue weighted by atomic mass is 32.1. The maximum Gasteiger partial charge on any atom is 0.261 e. The number of hydrogen-bond donors (Lipinski definition) is 1. The molecule has 1 atom stereocenters. The Morgan fingerprint density at radius 1 is 1.41 bits per heavy atom. The third-order valence-electron chi connectivity index (χ3n) is 5.56. The predicted molar refractivity (Wildman–Crippen MR) is 111 cm³/mol. The lowest BCUT2D eigenvalue weighted by Gasteiger charge is -2.30. The average Bonchev–Trinajstić information content (AvgIpc) is 3.10. The van der Waals surface area contributed by atoms with E-state index >= 15 is 0 Å². The quantitative estimate of drug-likeness (QED) is 0.774. The van der Waals surface area contributed by atoms with Crippen molar-refractivity contribution in [3.8, 4) is 16.2 Å². The van der Waals surface area contributed by atoms with Crippen molar-refractivity contribution in [2.75, 3.05) is 26.2 Å². The molecule has 0 saturated carbocycles. The zero-order valence-corrected chi connectivity index (χ0v) is 17.0. The average molecular weight is 385 g/mol. The van der Waals surface area contributed by atoms with Gasteiger partial charge >= 0.3 is 0 Å². The van der Waals surface area contributed by atoms with Gasteiger partial charge in [0.25, 0.3) is 5.91 Å². The first-order valence-electron chi connectivity index (χ1n) is 9.98. The molecule has 1 amide bonds. The van der Waals surface area contributed by atoms with E-state index in [1.54, 1.807) is 11.3 Å². The molecular formula is C22H28N2O2S. The molecule has 3 heterocycles. The zero-order chi connectivity index (χ0) is 18.8. The van der Waals surface area contributed by atoms with E-state index in [-0.39, 0.29) is 5.91 Å². The number of benzene rings is 1. The normalized spacial score (nSPS) is 19.1. The van der Waals surface area contributed by atoms with Crippen LogP contribution in [0.4, 0.5) is 0 Å². The second kappa shape index (κ2) is 8.03. The van der Waals surface area contributed by atoms with Gasteiger partial charge in [-0.3, -0.25) is 4.79 Å². The Labute approximate surface area is 165 Å². The molecule has 4 nitrogen and oxygen atoms in total. The fourth-order valence-electron chi connectivity index (χ4n) is 4.15. The standard InChI is InChI=1S/C22H28N2O2S/c1-15-6-4-10-24(13-15)11-5-9-23-22(25)19-12-17-14-26-18-8-3-7-16(2)20(18)21(17)27-19/h3,7-8,12,15H,4-6,9-11,13-14H2,1-2H3,(H,23,25)/t15-/m0/s1. The van der Waals surface area contributed by atoms with Crippen molar-refractivity contribution >= 4 is 17.2 Å².